The van der Waals surface area contributed by atoms with E-state index in [0.717, 1.165) is 43.0 Å². The highest BCUT2D eigenvalue weighted by Gasteiger charge is 2.30. The van der Waals surface area contributed by atoms with Gasteiger partial charge in [-0.15, -0.1) is 0 Å². The van der Waals surface area contributed by atoms with Crippen molar-refractivity contribution in [3.05, 3.63) is 59.7 Å². The summed E-state index contributed by atoms with van der Waals surface area (Å²) in [6, 6.07) is 16.2. The summed E-state index contributed by atoms with van der Waals surface area (Å²) >= 11 is 0. The summed E-state index contributed by atoms with van der Waals surface area (Å²) in [4.78, 5) is 17.6. The van der Waals surface area contributed by atoms with E-state index in [-0.39, 0.29) is 5.91 Å². The van der Waals surface area contributed by atoms with Gasteiger partial charge in [-0.2, -0.15) is 0 Å². The number of carbonyl (C=O) groups is 1. The minimum Gasteiger partial charge on any atom is -0.369 e. The van der Waals surface area contributed by atoms with Crippen molar-refractivity contribution >= 4 is 17.3 Å². The maximum absolute atomic E-state index is 12.9. The van der Waals surface area contributed by atoms with Crippen LogP contribution >= 0.6 is 0 Å². The van der Waals surface area contributed by atoms with E-state index in [1.165, 1.54) is 5.69 Å². The van der Waals surface area contributed by atoms with Crippen LogP contribution in [0.2, 0.25) is 0 Å². The van der Waals surface area contributed by atoms with Gasteiger partial charge in [0, 0.05) is 37.6 Å². The summed E-state index contributed by atoms with van der Waals surface area (Å²) in [6.45, 7) is 10.2. The summed E-state index contributed by atoms with van der Waals surface area (Å²) in [5, 5.41) is 3.12. The van der Waals surface area contributed by atoms with Gasteiger partial charge in [0.15, 0.2) is 0 Å². The molecule has 3 rings (SSSR count). The summed E-state index contributed by atoms with van der Waals surface area (Å²) in [5.74, 6) is 0.0131. The highest BCUT2D eigenvalue weighted by molar-refractivity contribution is 5.99. The summed E-state index contributed by atoms with van der Waals surface area (Å²) < 4.78 is 0. The van der Waals surface area contributed by atoms with Crippen LogP contribution in [0.4, 0.5) is 11.4 Å². The Hall–Kier alpha value is -2.33. The molecule has 1 fully saturated rings. The fraction of sp³-hybridized carbons (Fsp3) is 0.409. The molecule has 1 heterocycles. The largest absolute Gasteiger partial charge is 0.369 e. The Kier molecular flexibility index (Phi) is 5.33. The molecule has 138 valence electrons. The van der Waals surface area contributed by atoms with E-state index in [1.807, 2.05) is 50.2 Å². The van der Waals surface area contributed by atoms with E-state index in [2.05, 4.69) is 41.2 Å². The van der Waals surface area contributed by atoms with Crippen LogP contribution in [0.5, 0.6) is 0 Å². The lowest BCUT2D eigenvalue weighted by Crippen LogP contribution is -2.44. The third-order valence-corrected chi connectivity index (χ3v) is 5.39. The molecule has 4 heteroatoms. The van der Waals surface area contributed by atoms with Gasteiger partial charge in [0.25, 0.3) is 0 Å². The van der Waals surface area contributed by atoms with E-state index < -0.39 is 5.41 Å². The van der Waals surface area contributed by atoms with Gasteiger partial charge in [0.2, 0.25) is 5.91 Å². The highest BCUT2D eigenvalue weighted by atomic mass is 16.2. The minimum atomic E-state index is -0.580. The number of hydrogen-bond acceptors (Lipinski definition) is 3. The summed E-state index contributed by atoms with van der Waals surface area (Å²) in [7, 11) is 2.16. The van der Waals surface area contributed by atoms with Gasteiger partial charge in [-0.05, 0) is 57.1 Å². The second kappa shape index (κ2) is 7.50. The number of likely N-dealkylation sites (N-methyl/N-ethyl adjacent to an activating group) is 1. The Bertz CT molecular complexity index is 762. The van der Waals surface area contributed by atoms with Crippen LogP contribution in [-0.4, -0.2) is 44.0 Å². The van der Waals surface area contributed by atoms with Crippen LogP contribution in [-0.2, 0) is 10.2 Å². The van der Waals surface area contributed by atoms with Crippen LogP contribution in [0.3, 0.4) is 0 Å². The molecular formula is C22H29N3O. The monoisotopic (exact) mass is 351 g/mol. The first-order valence-electron chi connectivity index (χ1n) is 9.29. The van der Waals surface area contributed by atoms with Crippen LogP contribution < -0.4 is 10.2 Å². The molecule has 4 nitrogen and oxygen atoms in total. The molecule has 2 aromatic rings. The molecule has 0 bridgehead atoms. The zero-order valence-corrected chi connectivity index (χ0v) is 16.2. The Labute approximate surface area is 156 Å². The Morgan fingerprint density at radius 2 is 1.65 bits per heavy atom. The molecular weight excluding hydrogens is 322 g/mol. The number of aryl methyl sites for hydroxylation is 1. The SMILES string of the molecule is Cc1cc(N2CCN(C)CC2)ccc1NC(=O)C(C)(C)c1ccccc1. The van der Waals surface area contributed by atoms with E-state index in [4.69, 9.17) is 0 Å². The van der Waals surface area contributed by atoms with Crippen molar-refractivity contribution in [1.82, 2.24) is 4.90 Å². The molecule has 1 aliphatic rings. The first-order chi connectivity index (χ1) is 12.4. The molecule has 0 aliphatic carbocycles. The van der Waals surface area contributed by atoms with Gasteiger partial charge < -0.3 is 15.1 Å². The van der Waals surface area contributed by atoms with Crippen molar-refractivity contribution in [2.75, 3.05) is 43.4 Å². The van der Waals surface area contributed by atoms with E-state index in [1.54, 1.807) is 0 Å². The lowest BCUT2D eigenvalue weighted by atomic mass is 9.83. The maximum atomic E-state index is 12.9. The van der Waals surface area contributed by atoms with Crippen molar-refractivity contribution in [3.8, 4) is 0 Å². The second-order valence-electron chi connectivity index (χ2n) is 7.73. The normalized spacial score (nSPS) is 15.8. The molecule has 1 saturated heterocycles. The molecule has 0 spiro atoms. The first-order valence-corrected chi connectivity index (χ1v) is 9.29. The number of anilines is 2. The molecule has 0 radical (unpaired) electrons. The van der Waals surface area contributed by atoms with Crippen LogP contribution in [0, 0.1) is 6.92 Å². The lowest BCUT2D eigenvalue weighted by Gasteiger charge is -2.34. The highest BCUT2D eigenvalue weighted by Crippen LogP contribution is 2.28. The van der Waals surface area contributed by atoms with Crippen LogP contribution in [0.15, 0.2) is 48.5 Å². The predicted octanol–water partition coefficient (Wildman–Crippen LogP) is 3.66. The van der Waals surface area contributed by atoms with Crippen molar-refractivity contribution in [2.45, 2.75) is 26.2 Å². The Morgan fingerprint density at radius 3 is 2.27 bits per heavy atom. The third-order valence-electron chi connectivity index (χ3n) is 5.39. The number of rotatable bonds is 4. The number of nitrogens with zero attached hydrogens (tertiary/aromatic N) is 2. The third kappa shape index (κ3) is 3.91. The van der Waals surface area contributed by atoms with Gasteiger partial charge >= 0.3 is 0 Å². The van der Waals surface area contributed by atoms with Gasteiger partial charge in [0.1, 0.15) is 0 Å². The van der Waals surface area contributed by atoms with Crippen molar-refractivity contribution in [2.24, 2.45) is 0 Å². The van der Waals surface area contributed by atoms with Crippen molar-refractivity contribution < 1.29 is 4.79 Å². The van der Waals surface area contributed by atoms with E-state index >= 15 is 0 Å². The number of amides is 1. The van der Waals surface area contributed by atoms with E-state index in [0.29, 0.717) is 0 Å². The zero-order valence-electron chi connectivity index (χ0n) is 16.2. The van der Waals surface area contributed by atoms with Crippen LogP contribution in [0.1, 0.15) is 25.0 Å². The number of nitrogens with one attached hydrogen (secondary N) is 1. The zero-order chi connectivity index (χ0) is 18.7. The standard InChI is InChI=1S/C22H29N3O/c1-17-16-19(25-14-12-24(4)13-15-25)10-11-20(17)23-21(26)22(2,3)18-8-6-5-7-9-18/h5-11,16H,12-15H2,1-4H3,(H,23,26). The molecule has 1 amide bonds. The Morgan fingerprint density at radius 1 is 1.00 bits per heavy atom. The average Bonchev–Trinajstić information content (AvgIpc) is 2.64. The predicted molar refractivity (Wildman–Crippen MR) is 109 cm³/mol. The molecule has 26 heavy (non-hydrogen) atoms. The van der Waals surface area contributed by atoms with E-state index in [9.17, 15) is 4.79 Å². The quantitative estimate of drug-likeness (QED) is 0.913. The van der Waals surface area contributed by atoms with Gasteiger partial charge in [0.05, 0.1) is 5.41 Å². The number of hydrogen-bond donors (Lipinski definition) is 1. The van der Waals surface area contributed by atoms with Gasteiger partial charge in [-0.25, -0.2) is 0 Å². The fourth-order valence-corrected chi connectivity index (χ4v) is 3.31. The number of carbonyl (C=O) groups excluding carboxylic acids is 1. The summed E-state index contributed by atoms with van der Waals surface area (Å²) in [5.41, 5.74) is 3.65. The van der Waals surface area contributed by atoms with Crippen molar-refractivity contribution in [3.63, 3.8) is 0 Å². The molecule has 0 aromatic heterocycles. The summed E-state index contributed by atoms with van der Waals surface area (Å²) in [6.07, 6.45) is 0. The van der Waals surface area contributed by atoms with Crippen molar-refractivity contribution in [1.29, 1.82) is 0 Å². The molecule has 1 aliphatic heterocycles. The fourth-order valence-electron chi connectivity index (χ4n) is 3.31. The smallest absolute Gasteiger partial charge is 0.234 e. The number of benzene rings is 2. The lowest BCUT2D eigenvalue weighted by molar-refractivity contribution is -0.120. The maximum Gasteiger partial charge on any atom is 0.234 e. The molecule has 0 atom stereocenters. The van der Waals surface area contributed by atoms with Gasteiger partial charge in [-0.3, -0.25) is 4.79 Å². The molecule has 1 N–H and O–H groups in total. The molecule has 0 unspecified atom stereocenters. The second-order valence-corrected chi connectivity index (χ2v) is 7.73. The Balaban J connectivity index is 1.73. The average molecular weight is 351 g/mol. The molecule has 2 aromatic carbocycles. The minimum absolute atomic E-state index is 0.0131. The number of piperazine rings is 1. The first kappa shape index (κ1) is 18.5. The van der Waals surface area contributed by atoms with Gasteiger partial charge in [-0.1, -0.05) is 30.3 Å². The topological polar surface area (TPSA) is 35.6 Å². The van der Waals surface area contributed by atoms with Crippen LogP contribution in [0.25, 0.3) is 0 Å². The molecule has 0 saturated carbocycles.